The molecule has 2 aromatic carbocycles. The number of ketones is 2. The lowest BCUT2D eigenvalue weighted by Gasteiger charge is -2.28. The van der Waals surface area contributed by atoms with Crippen molar-refractivity contribution in [2.45, 2.75) is 24.7 Å². The highest BCUT2D eigenvalue weighted by Crippen LogP contribution is 2.47. The largest absolute Gasteiger partial charge is 0.504 e. The molecule has 0 fully saturated rings. The number of benzene rings is 2. The fourth-order valence-electron chi connectivity index (χ4n) is 5.24. The second kappa shape index (κ2) is 15.1. The molecule has 2 N–H and O–H groups in total. The summed E-state index contributed by atoms with van der Waals surface area (Å²) in [6.07, 6.45) is -1.07. The van der Waals surface area contributed by atoms with Crippen molar-refractivity contribution in [3.05, 3.63) is 58.1 Å². The van der Waals surface area contributed by atoms with Crippen LogP contribution >= 0.6 is 0 Å². The smallest absolute Gasteiger partial charge is 0.306 e. The van der Waals surface area contributed by atoms with E-state index in [0.29, 0.717) is 0 Å². The van der Waals surface area contributed by atoms with Crippen LogP contribution < -0.4 is 28.4 Å². The van der Waals surface area contributed by atoms with Gasteiger partial charge in [-0.15, -0.1) is 0 Å². The van der Waals surface area contributed by atoms with E-state index in [-0.39, 0.29) is 45.6 Å². The molecule has 0 amide bonds. The number of methoxy groups -OCH3 is 8. The first kappa shape index (κ1) is 35.1. The summed E-state index contributed by atoms with van der Waals surface area (Å²) in [5.41, 5.74) is -0.801. The molecular formula is C32H36O14. The molecule has 1 aliphatic carbocycles. The summed E-state index contributed by atoms with van der Waals surface area (Å²) in [5, 5.41) is 22.8. The predicted molar refractivity (Wildman–Crippen MR) is 160 cm³/mol. The van der Waals surface area contributed by atoms with Crippen LogP contribution in [0, 0.1) is 0 Å². The van der Waals surface area contributed by atoms with Crippen LogP contribution in [-0.2, 0) is 28.7 Å². The summed E-state index contributed by atoms with van der Waals surface area (Å²) in [7, 11) is 10.4. The highest BCUT2D eigenvalue weighted by atomic mass is 16.5. The fourth-order valence-corrected chi connectivity index (χ4v) is 5.24. The lowest BCUT2D eigenvalue weighted by atomic mass is 9.75. The molecule has 14 nitrogen and oxygen atoms in total. The normalized spacial score (nSPS) is 14.3. The Labute approximate surface area is 265 Å². The van der Waals surface area contributed by atoms with E-state index in [1.165, 1.54) is 66.9 Å². The second-order valence-electron chi connectivity index (χ2n) is 9.77. The van der Waals surface area contributed by atoms with Crippen LogP contribution in [-0.4, -0.2) is 90.6 Å². The maximum atomic E-state index is 13.9. The van der Waals surface area contributed by atoms with Gasteiger partial charge in [0.15, 0.2) is 34.5 Å². The molecule has 3 rings (SSSR count). The quantitative estimate of drug-likeness (QED) is 0.225. The predicted octanol–water partition coefficient (Wildman–Crippen LogP) is 3.51. The maximum absolute atomic E-state index is 13.9. The molecule has 248 valence electrons. The number of ether oxygens (including phenoxy) is 8. The van der Waals surface area contributed by atoms with Gasteiger partial charge in [-0.3, -0.25) is 19.2 Å². The monoisotopic (exact) mass is 644 g/mol. The number of rotatable bonds is 14. The summed E-state index contributed by atoms with van der Waals surface area (Å²) in [6, 6.07) is 5.72. The summed E-state index contributed by atoms with van der Waals surface area (Å²) in [4.78, 5) is 53.0. The number of carbonyl (C=O) groups excluding carboxylic acids is 4. The molecule has 14 heteroatoms. The number of Topliss-reactive ketones (excluding diaryl/α,β-unsaturated/α-hetero) is 2. The van der Waals surface area contributed by atoms with Crippen molar-refractivity contribution in [2.24, 2.45) is 0 Å². The molecule has 46 heavy (non-hydrogen) atoms. The average Bonchev–Trinajstić information content (AvgIpc) is 3.08. The molecule has 0 bridgehead atoms. The minimum Gasteiger partial charge on any atom is -0.504 e. The van der Waals surface area contributed by atoms with Gasteiger partial charge in [-0.05, 0) is 35.4 Å². The second-order valence-corrected chi connectivity index (χ2v) is 9.77. The van der Waals surface area contributed by atoms with Gasteiger partial charge < -0.3 is 48.1 Å². The third kappa shape index (κ3) is 6.65. The summed E-state index contributed by atoms with van der Waals surface area (Å²) < 4.78 is 42.0. The van der Waals surface area contributed by atoms with Crippen molar-refractivity contribution in [2.75, 3.05) is 56.9 Å². The van der Waals surface area contributed by atoms with Crippen molar-refractivity contribution in [1.82, 2.24) is 0 Å². The third-order valence-corrected chi connectivity index (χ3v) is 7.50. The molecule has 1 aliphatic rings. The first-order valence-electron chi connectivity index (χ1n) is 13.7. The van der Waals surface area contributed by atoms with E-state index in [1.54, 1.807) is 0 Å². The van der Waals surface area contributed by atoms with E-state index in [1.807, 2.05) is 0 Å². The molecule has 0 saturated carbocycles. The number of aliphatic hydroxyl groups excluding tert-OH is 2. The molecule has 2 aromatic rings. The Kier molecular flexibility index (Phi) is 11.5. The summed E-state index contributed by atoms with van der Waals surface area (Å²) in [5.74, 6) is -7.67. The highest BCUT2D eigenvalue weighted by molar-refractivity contribution is 6.24. The standard InChI is InChI=1S/C32H36O14/c1-39-19-9-15(10-20(40-2)31(19)45-7)17(13-23(33)43-5)25-27(35)29(37)26(30(38)28(25)36)18(14-24(34)44-6)16-11-21(41-3)32(46-8)22(12-16)42-4/h9-12,17-18,35,38H,13-14H2,1-8H3/t17-,18-/m1/s1. The molecule has 2 atom stereocenters. The third-order valence-electron chi connectivity index (χ3n) is 7.50. The van der Waals surface area contributed by atoms with Crippen molar-refractivity contribution >= 4 is 23.5 Å². The van der Waals surface area contributed by atoms with E-state index in [9.17, 15) is 29.4 Å². The summed E-state index contributed by atoms with van der Waals surface area (Å²) >= 11 is 0. The van der Waals surface area contributed by atoms with Crippen LogP contribution in [0.1, 0.15) is 35.8 Å². The van der Waals surface area contributed by atoms with Gasteiger partial charge in [0.25, 0.3) is 0 Å². The van der Waals surface area contributed by atoms with Gasteiger partial charge in [-0.1, -0.05) is 0 Å². The van der Waals surface area contributed by atoms with E-state index in [2.05, 4.69) is 0 Å². The molecule has 0 radical (unpaired) electrons. The molecule has 0 unspecified atom stereocenters. The van der Waals surface area contributed by atoms with Gasteiger partial charge >= 0.3 is 11.9 Å². The van der Waals surface area contributed by atoms with Crippen molar-refractivity contribution < 1.29 is 67.3 Å². The molecule has 0 aliphatic heterocycles. The zero-order chi connectivity index (χ0) is 34.3. The van der Waals surface area contributed by atoms with Crippen LogP contribution in [0.4, 0.5) is 0 Å². The fraction of sp³-hybridized carbons (Fsp3) is 0.375. The maximum Gasteiger partial charge on any atom is 0.306 e. The molecule has 0 aromatic heterocycles. The number of hydrogen-bond donors (Lipinski definition) is 2. The van der Waals surface area contributed by atoms with Gasteiger partial charge in [-0.25, -0.2) is 0 Å². The average molecular weight is 645 g/mol. The summed E-state index contributed by atoms with van der Waals surface area (Å²) in [6.45, 7) is 0. The van der Waals surface area contributed by atoms with Crippen LogP contribution in [0.25, 0.3) is 0 Å². The van der Waals surface area contributed by atoms with Gasteiger partial charge in [0.1, 0.15) is 0 Å². The number of aliphatic hydroxyl groups is 2. The Morgan fingerprint density at radius 2 is 0.826 bits per heavy atom. The molecular weight excluding hydrogens is 608 g/mol. The first-order chi connectivity index (χ1) is 22.0. The van der Waals surface area contributed by atoms with Crippen molar-refractivity contribution in [1.29, 1.82) is 0 Å². The Morgan fingerprint density at radius 1 is 0.543 bits per heavy atom. The number of esters is 2. The Balaban J connectivity index is 2.29. The Hall–Kier alpha value is -5.40. The lowest BCUT2D eigenvalue weighted by Crippen LogP contribution is -2.31. The number of allylic oxidation sites excluding steroid dienone is 2. The van der Waals surface area contributed by atoms with E-state index < -0.39 is 70.8 Å². The molecule has 0 spiro atoms. The minimum absolute atomic E-state index is 0.155. The van der Waals surface area contributed by atoms with Crippen LogP contribution in [0.3, 0.4) is 0 Å². The zero-order valence-electron chi connectivity index (χ0n) is 26.7. The zero-order valence-corrected chi connectivity index (χ0v) is 26.7. The van der Waals surface area contributed by atoms with Gasteiger partial charge in [0.2, 0.25) is 23.1 Å². The van der Waals surface area contributed by atoms with Crippen LogP contribution in [0.5, 0.6) is 34.5 Å². The van der Waals surface area contributed by atoms with Crippen LogP contribution in [0.2, 0.25) is 0 Å². The van der Waals surface area contributed by atoms with Crippen molar-refractivity contribution in [3.63, 3.8) is 0 Å². The topological polar surface area (TPSA) is 183 Å². The first-order valence-corrected chi connectivity index (χ1v) is 13.7. The molecule has 0 saturated heterocycles. The Bertz CT molecular complexity index is 1420. The molecule has 0 heterocycles. The lowest BCUT2D eigenvalue weighted by molar-refractivity contribution is -0.142. The van der Waals surface area contributed by atoms with Crippen LogP contribution in [0.15, 0.2) is 46.9 Å². The Morgan fingerprint density at radius 3 is 1.04 bits per heavy atom. The van der Waals surface area contributed by atoms with Gasteiger partial charge in [-0.2, -0.15) is 0 Å². The van der Waals surface area contributed by atoms with Crippen molar-refractivity contribution in [3.8, 4) is 34.5 Å². The van der Waals surface area contributed by atoms with E-state index in [4.69, 9.17) is 37.9 Å². The SMILES string of the molecule is COC(=O)C[C@@H](C1=C(O)C(=O)C([C@H](CC(=O)OC)c2cc(OC)c(OC)c(OC)c2)=C(O)C1=O)c1cc(OC)c(OC)c(OC)c1. The van der Waals surface area contributed by atoms with Gasteiger partial charge in [0.05, 0.1) is 80.9 Å². The van der Waals surface area contributed by atoms with E-state index in [0.717, 1.165) is 14.2 Å². The highest BCUT2D eigenvalue weighted by Gasteiger charge is 2.44. The number of carbonyl (C=O) groups is 4. The number of hydrogen-bond acceptors (Lipinski definition) is 14. The van der Waals surface area contributed by atoms with E-state index >= 15 is 0 Å². The van der Waals surface area contributed by atoms with Gasteiger partial charge in [0, 0.05) is 11.8 Å². The minimum atomic E-state index is -1.33.